The van der Waals surface area contributed by atoms with E-state index in [0.29, 0.717) is 27.6 Å². The Balaban J connectivity index is 2.51. The molecule has 0 radical (unpaired) electrons. The molecule has 1 aromatic rings. The van der Waals surface area contributed by atoms with Crippen LogP contribution in [0.3, 0.4) is 0 Å². The fraction of sp³-hybridized carbons (Fsp3) is 0.500. The monoisotopic (exact) mass is 314 g/mol. The van der Waals surface area contributed by atoms with Gasteiger partial charge in [0.15, 0.2) is 0 Å². The number of esters is 1. The van der Waals surface area contributed by atoms with E-state index >= 15 is 0 Å². The van der Waals surface area contributed by atoms with Crippen molar-refractivity contribution in [1.29, 1.82) is 0 Å². The molecule has 1 aliphatic heterocycles. The maximum absolute atomic E-state index is 12.0. The Morgan fingerprint density at radius 2 is 2.20 bits per heavy atom. The summed E-state index contributed by atoms with van der Waals surface area (Å²) in [5, 5.41) is 0.971. The van der Waals surface area contributed by atoms with Crippen molar-refractivity contribution in [3.63, 3.8) is 0 Å². The van der Waals surface area contributed by atoms with Crippen molar-refractivity contribution in [3.8, 4) is 0 Å². The largest absolute Gasteiger partial charge is 0.465 e. The van der Waals surface area contributed by atoms with E-state index in [9.17, 15) is 4.79 Å². The third-order valence-corrected chi connectivity index (χ3v) is 5.29. The molecule has 0 bridgehead atoms. The van der Waals surface area contributed by atoms with Crippen molar-refractivity contribution < 1.29 is 9.53 Å². The van der Waals surface area contributed by atoms with Gasteiger partial charge < -0.3 is 15.4 Å². The van der Waals surface area contributed by atoms with Gasteiger partial charge >= 0.3 is 5.97 Å². The van der Waals surface area contributed by atoms with Gasteiger partial charge in [-0.1, -0.05) is 18.5 Å². The van der Waals surface area contributed by atoms with Gasteiger partial charge in [0.25, 0.3) is 0 Å². The predicted octanol–water partition coefficient (Wildman–Crippen LogP) is 3.04. The Morgan fingerprint density at radius 3 is 2.85 bits per heavy atom. The van der Waals surface area contributed by atoms with Crippen molar-refractivity contribution in [2.75, 3.05) is 30.0 Å². The summed E-state index contributed by atoms with van der Waals surface area (Å²) in [6, 6.07) is 3.60. The molecule has 1 saturated heterocycles. The number of anilines is 2. The first-order chi connectivity index (χ1) is 9.45. The van der Waals surface area contributed by atoms with Gasteiger partial charge in [-0.25, -0.2) is 4.79 Å². The van der Waals surface area contributed by atoms with Crippen molar-refractivity contribution in [1.82, 2.24) is 0 Å². The lowest BCUT2D eigenvalue weighted by atomic mass is 10.1. The lowest BCUT2D eigenvalue weighted by Gasteiger charge is -2.40. The third kappa shape index (κ3) is 2.83. The van der Waals surface area contributed by atoms with Crippen LogP contribution in [0.25, 0.3) is 0 Å². The normalized spacial score (nSPS) is 22.7. The summed E-state index contributed by atoms with van der Waals surface area (Å²) in [5.41, 5.74) is 7.42. The van der Waals surface area contributed by atoms with Gasteiger partial charge in [-0.15, -0.1) is 0 Å². The highest BCUT2D eigenvalue weighted by atomic mass is 35.5. The molecule has 2 N–H and O–H groups in total. The maximum atomic E-state index is 12.0. The average Bonchev–Trinajstić information content (AvgIpc) is 2.41. The lowest BCUT2D eigenvalue weighted by Crippen LogP contribution is -2.45. The number of ether oxygens (including phenoxy) is 1. The highest BCUT2D eigenvalue weighted by molar-refractivity contribution is 8.00. The van der Waals surface area contributed by atoms with E-state index in [4.69, 9.17) is 22.1 Å². The van der Waals surface area contributed by atoms with Crippen molar-refractivity contribution in [3.05, 3.63) is 22.7 Å². The SMILES string of the molecule is COC(=O)c1cc(N)cc(Cl)c1N1CCSC(C)C1C. The van der Waals surface area contributed by atoms with Crippen LogP contribution in [0.2, 0.25) is 5.02 Å². The van der Waals surface area contributed by atoms with E-state index in [1.165, 1.54) is 7.11 Å². The number of nitrogens with zero attached hydrogens (tertiary/aromatic N) is 1. The molecule has 1 aliphatic rings. The van der Waals surface area contributed by atoms with Crippen molar-refractivity contribution >= 4 is 40.7 Å². The van der Waals surface area contributed by atoms with Crippen LogP contribution >= 0.6 is 23.4 Å². The minimum Gasteiger partial charge on any atom is -0.465 e. The molecule has 110 valence electrons. The van der Waals surface area contributed by atoms with E-state index < -0.39 is 5.97 Å². The first kappa shape index (κ1) is 15.3. The molecule has 20 heavy (non-hydrogen) atoms. The number of halogens is 1. The summed E-state index contributed by atoms with van der Waals surface area (Å²) in [7, 11) is 1.36. The van der Waals surface area contributed by atoms with Crippen LogP contribution in [-0.2, 0) is 4.74 Å². The Hall–Kier alpha value is -1.07. The summed E-state index contributed by atoms with van der Waals surface area (Å²) >= 11 is 8.27. The zero-order valence-corrected chi connectivity index (χ0v) is 13.4. The molecule has 2 unspecified atom stereocenters. The van der Waals surface area contributed by atoms with Crippen molar-refractivity contribution in [2.45, 2.75) is 25.1 Å². The summed E-state index contributed by atoms with van der Waals surface area (Å²) in [6.45, 7) is 5.18. The van der Waals surface area contributed by atoms with Crippen LogP contribution in [0, 0.1) is 0 Å². The Labute approximate surface area is 128 Å². The molecule has 1 heterocycles. The van der Waals surface area contributed by atoms with Crippen LogP contribution in [0.1, 0.15) is 24.2 Å². The highest BCUT2D eigenvalue weighted by Crippen LogP contribution is 2.37. The minimum absolute atomic E-state index is 0.290. The second-order valence-corrected chi connectivity index (χ2v) is 6.79. The van der Waals surface area contributed by atoms with Gasteiger partial charge in [-0.3, -0.25) is 0 Å². The summed E-state index contributed by atoms with van der Waals surface area (Å²) in [5.74, 6) is 0.597. The van der Waals surface area contributed by atoms with Crippen LogP contribution in [-0.4, -0.2) is 36.7 Å². The summed E-state index contributed by atoms with van der Waals surface area (Å²) < 4.78 is 4.85. The number of rotatable bonds is 2. The van der Waals surface area contributed by atoms with Gasteiger partial charge in [0.2, 0.25) is 0 Å². The van der Waals surface area contributed by atoms with E-state index in [1.807, 2.05) is 11.8 Å². The molecule has 0 amide bonds. The standard InChI is InChI=1S/C14H19ClN2O2S/c1-8-9(2)20-5-4-17(8)13-11(14(18)19-3)6-10(16)7-12(13)15/h6-9H,4-5,16H2,1-3H3. The molecule has 2 atom stereocenters. The van der Waals surface area contributed by atoms with E-state index in [-0.39, 0.29) is 0 Å². The topological polar surface area (TPSA) is 55.6 Å². The molecule has 0 aliphatic carbocycles. The Bertz CT molecular complexity index is 524. The van der Waals surface area contributed by atoms with Gasteiger partial charge in [0.1, 0.15) is 0 Å². The number of carbonyl (C=O) groups excluding carboxylic acids is 1. The molecule has 4 nitrogen and oxygen atoms in total. The molecule has 1 aromatic carbocycles. The van der Waals surface area contributed by atoms with Crippen LogP contribution in [0.15, 0.2) is 12.1 Å². The number of hydrogen-bond donors (Lipinski definition) is 1. The van der Waals surface area contributed by atoms with Gasteiger partial charge in [-0.2, -0.15) is 11.8 Å². The molecule has 6 heteroatoms. The zero-order valence-electron chi connectivity index (χ0n) is 11.9. The fourth-order valence-corrected chi connectivity index (χ4v) is 3.86. The number of hydrogen-bond acceptors (Lipinski definition) is 5. The highest BCUT2D eigenvalue weighted by Gasteiger charge is 2.30. The molecular formula is C14H19ClN2O2S. The van der Waals surface area contributed by atoms with E-state index in [2.05, 4.69) is 18.7 Å². The molecule has 0 saturated carbocycles. The molecule has 0 spiro atoms. The zero-order chi connectivity index (χ0) is 14.9. The summed E-state index contributed by atoms with van der Waals surface area (Å²) in [4.78, 5) is 14.2. The first-order valence-corrected chi connectivity index (χ1v) is 7.94. The second kappa shape index (κ2) is 6.14. The fourth-order valence-electron chi connectivity index (χ4n) is 2.43. The predicted molar refractivity (Wildman–Crippen MR) is 85.9 cm³/mol. The van der Waals surface area contributed by atoms with Gasteiger partial charge in [0.05, 0.1) is 23.4 Å². The summed E-state index contributed by atoms with van der Waals surface area (Å²) in [6.07, 6.45) is 0. The number of benzene rings is 1. The van der Waals surface area contributed by atoms with Crippen molar-refractivity contribution in [2.24, 2.45) is 0 Å². The number of nitrogen functional groups attached to an aromatic ring is 1. The molecule has 1 fully saturated rings. The number of thioether (sulfide) groups is 1. The maximum Gasteiger partial charge on any atom is 0.340 e. The quantitative estimate of drug-likeness (QED) is 0.671. The molecule has 0 aromatic heterocycles. The first-order valence-electron chi connectivity index (χ1n) is 6.51. The Morgan fingerprint density at radius 1 is 1.50 bits per heavy atom. The third-order valence-electron chi connectivity index (χ3n) is 3.66. The van der Waals surface area contributed by atoms with E-state index in [0.717, 1.165) is 18.0 Å². The lowest BCUT2D eigenvalue weighted by molar-refractivity contribution is 0.0601. The molecular weight excluding hydrogens is 296 g/mol. The average molecular weight is 315 g/mol. The number of methoxy groups -OCH3 is 1. The minimum atomic E-state index is -0.410. The van der Waals surface area contributed by atoms with Crippen LogP contribution in [0.5, 0.6) is 0 Å². The van der Waals surface area contributed by atoms with Crippen LogP contribution in [0.4, 0.5) is 11.4 Å². The number of carbonyl (C=O) groups is 1. The Kier molecular flexibility index (Phi) is 4.70. The second-order valence-electron chi connectivity index (χ2n) is 4.90. The van der Waals surface area contributed by atoms with Gasteiger partial charge in [-0.05, 0) is 19.1 Å². The molecule has 2 rings (SSSR count). The number of nitrogens with two attached hydrogens (primary N) is 1. The van der Waals surface area contributed by atoms with Crippen LogP contribution < -0.4 is 10.6 Å². The smallest absolute Gasteiger partial charge is 0.340 e. The van der Waals surface area contributed by atoms with E-state index in [1.54, 1.807) is 12.1 Å². The van der Waals surface area contributed by atoms with Gasteiger partial charge in [0, 0.05) is 29.3 Å².